The van der Waals surface area contributed by atoms with Gasteiger partial charge in [0.1, 0.15) is 5.75 Å². The molecule has 0 aliphatic rings. The molecule has 0 radical (unpaired) electrons. The van der Waals surface area contributed by atoms with E-state index in [2.05, 4.69) is 4.83 Å². The summed E-state index contributed by atoms with van der Waals surface area (Å²) in [7, 11) is -0.319. The van der Waals surface area contributed by atoms with Gasteiger partial charge >= 0.3 is 0 Å². The minimum absolute atomic E-state index is 0.0687. The zero-order valence-electron chi connectivity index (χ0n) is 10.5. The lowest BCUT2D eigenvalue weighted by Gasteiger charge is -2.12. The molecule has 0 saturated carbocycles. The van der Waals surface area contributed by atoms with Crippen molar-refractivity contribution in [3.05, 3.63) is 24.3 Å². The summed E-state index contributed by atoms with van der Waals surface area (Å²) >= 11 is 0. The van der Waals surface area contributed by atoms with Gasteiger partial charge < -0.3 is 9.84 Å². The van der Waals surface area contributed by atoms with E-state index < -0.39 is 10.0 Å². The molecule has 0 unspecified atom stereocenters. The monoisotopic (exact) mass is 274 g/mol. The predicted octanol–water partition coefficient (Wildman–Crippen LogP) is 0.203. The van der Waals surface area contributed by atoms with Gasteiger partial charge in [0.05, 0.1) is 11.5 Å². The fourth-order valence-electron chi connectivity index (χ4n) is 1.26. The Bertz CT molecular complexity index is 456. The molecule has 18 heavy (non-hydrogen) atoms. The van der Waals surface area contributed by atoms with Gasteiger partial charge in [0.2, 0.25) is 0 Å². The molecule has 2 N–H and O–H groups in total. The van der Waals surface area contributed by atoms with Gasteiger partial charge in [-0.05, 0) is 24.3 Å². The van der Waals surface area contributed by atoms with E-state index >= 15 is 0 Å². The summed E-state index contributed by atoms with van der Waals surface area (Å²) in [4.78, 5) is 2.51. The van der Waals surface area contributed by atoms with Crippen LogP contribution in [-0.2, 0) is 10.0 Å². The summed E-state index contributed by atoms with van der Waals surface area (Å²) < 4.78 is 28.9. The lowest BCUT2D eigenvalue weighted by molar-refractivity contribution is 0.233. The number of nitrogens with zero attached hydrogens (tertiary/aromatic N) is 1. The summed E-state index contributed by atoms with van der Waals surface area (Å²) in [5.74, 6) is 0.576. The van der Waals surface area contributed by atoms with Crippen LogP contribution in [0.4, 0.5) is 0 Å². The molecule has 1 aromatic rings. The third-order valence-electron chi connectivity index (χ3n) is 2.01. The van der Waals surface area contributed by atoms with Crippen molar-refractivity contribution in [1.82, 2.24) is 9.84 Å². The van der Waals surface area contributed by atoms with Crippen molar-refractivity contribution in [1.29, 1.82) is 0 Å². The van der Waals surface area contributed by atoms with Gasteiger partial charge in [-0.15, -0.1) is 4.83 Å². The van der Waals surface area contributed by atoms with Gasteiger partial charge in [-0.3, -0.25) is 0 Å². The zero-order chi connectivity index (χ0) is 13.6. The summed E-state index contributed by atoms with van der Waals surface area (Å²) in [5.41, 5.74) is 0. The molecule has 7 heteroatoms. The zero-order valence-corrected chi connectivity index (χ0v) is 11.3. The van der Waals surface area contributed by atoms with E-state index in [4.69, 9.17) is 9.84 Å². The number of benzene rings is 1. The Balaban J connectivity index is 2.70. The van der Waals surface area contributed by atoms with Crippen molar-refractivity contribution in [3.63, 3.8) is 0 Å². The summed E-state index contributed by atoms with van der Waals surface area (Å²) in [6, 6.07) is 6.11. The van der Waals surface area contributed by atoms with Crippen molar-refractivity contribution in [2.24, 2.45) is 0 Å². The lowest BCUT2D eigenvalue weighted by atomic mass is 10.3. The summed E-state index contributed by atoms with van der Waals surface area (Å²) in [5, 5.41) is 9.97. The van der Waals surface area contributed by atoms with Crippen LogP contribution in [0.15, 0.2) is 29.2 Å². The second-order valence-corrected chi connectivity index (χ2v) is 5.55. The maximum atomic E-state index is 11.8. The van der Waals surface area contributed by atoms with Crippen LogP contribution in [0.5, 0.6) is 5.75 Å². The highest BCUT2D eigenvalue weighted by Crippen LogP contribution is 2.16. The lowest BCUT2D eigenvalue weighted by Crippen LogP contribution is -2.36. The first kappa shape index (κ1) is 14.9. The molecule has 0 aliphatic heterocycles. The van der Waals surface area contributed by atoms with E-state index in [1.54, 1.807) is 26.2 Å². The molecule has 1 rings (SSSR count). The van der Waals surface area contributed by atoms with Crippen molar-refractivity contribution in [2.45, 2.75) is 11.3 Å². The highest BCUT2D eigenvalue weighted by molar-refractivity contribution is 7.89. The van der Waals surface area contributed by atoms with Gasteiger partial charge in [-0.2, -0.15) is 0 Å². The van der Waals surface area contributed by atoms with Crippen LogP contribution in [-0.4, -0.2) is 45.8 Å². The molecule has 0 amide bonds. The van der Waals surface area contributed by atoms with Crippen molar-refractivity contribution < 1.29 is 18.3 Å². The molecule has 0 fully saturated rings. The van der Waals surface area contributed by atoms with Crippen LogP contribution in [0.2, 0.25) is 0 Å². The maximum absolute atomic E-state index is 11.8. The second-order valence-electron chi connectivity index (χ2n) is 3.89. The maximum Gasteiger partial charge on any atom is 0.253 e. The van der Waals surface area contributed by atoms with E-state index in [9.17, 15) is 8.42 Å². The Kier molecular flexibility index (Phi) is 5.54. The number of aliphatic hydroxyl groups excluding tert-OH is 1. The molecule has 102 valence electrons. The van der Waals surface area contributed by atoms with Crippen molar-refractivity contribution in [2.75, 3.05) is 27.3 Å². The minimum Gasteiger partial charge on any atom is -0.494 e. The summed E-state index contributed by atoms with van der Waals surface area (Å²) in [6.45, 7) is 0.470. The van der Waals surface area contributed by atoms with Crippen LogP contribution in [0.25, 0.3) is 0 Å². The van der Waals surface area contributed by atoms with Crippen LogP contribution in [0.1, 0.15) is 6.42 Å². The Morgan fingerprint density at radius 3 is 2.39 bits per heavy atom. The largest absolute Gasteiger partial charge is 0.494 e. The van der Waals surface area contributed by atoms with E-state index in [1.807, 2.05) is 0 Å². The molecule has 6 nitrogen and oxygen atoms in total. The Hall–Kier alpha value is -1.15. The first-order chi connectivity index (χ1) is 8.45. The van der Waals surface area contributed by atoms with E-state index in [-0.39, 0.29) is 11.5 Å². The molecule has 0 spiro atoms. The van der Waals surface area contributed by atoms with Gasteiger partial charge in [0, 0.05) is 27.1 Å². The van der Waals surface area contributed by atoms with Gasteiger partial charge in [-0.25, -0.2) is 13.4 Å². The minimum atomic E-state index is -3.52. The molecule has 0 heterocycles. The van der Waals surface area contributed by atoms with Crippen molar-refractivity contribution in [3.8, 4) is 5.75 Å². The molecule has 0 aromatic heterocycles. The third kappa shape index (κ3) is 4.61. The quantitative estimate of drug-likeness (QED) is 0.548. The molecule has 0 atom stereocenters. The normalized spacial score (nSPS) is 11.8. The number of rotatable bonds is 7. The van der Waals surface area contributed by atoms with Gasteiger partial charge in [-0.1, -0.05) is 0 Å². The fraction of sp³-hybridized carbons (Fsp3) is 0.455. The topological polar surface area (TPSA) is 78.9 Å². The first-order valence-corrected chi connectivity index (χ1v) is 6.97. The van der Waals surface area contributed by atoms with Crippen LogP contribution in [0.3, 0.4) is 0 Å². The fourth-order valence-corrected chi connectivity index (χ4v) is 2.34. The van der Waals surface area contributed by atoms with E-state index in [0.717, 1.165) is 0 Å². The molecular weight excluding hydrogens is 256 g/mol. The smallest absolute Gasteiger partial charge is 0.253 e. The highest BCUT2D eigenvalue weighted by Gasteiger charge is 2.14. The van der Waals surface area contributed by atoms with Crippen LogP contribution >= 0.6 is 0 Å². The standard InChI is InChI=1S/C11H18N2O4S/c1-13(2)12-18(15,16)11-6-4-10(5-7-11)17-9-3-8-14/h4-7,12,14H,3,8-9H2,1-2H3. The Morgan fingerprint density at radius 1 is 1.28 bits per heavy atom. The number of hydrogen-bond acceptors (Lipinski definition) is 5. The molecule has 0 aliphatic carbocycles. The first-order valence-electron chi connectivity index (χ1n) is 5.49. The SMILES string of the molecule is CN(C)NS(=O)(=O)c1ccc(OCCCO)cc1. The third-order valence-corrected chi connectivity index (χ3v) is 3.51. The highest BCUT2D eigenvalue weighted by atomic mass is 32.2. The molecular formula is C11H18N2O4S. The number of nitrogens with one attached hydrogen (secondary N) is 1. The molecule has 1 aromatic carbocycles. The number of sulfonamides is 1. The summed E-state index contributed by atoms with van der Waals surface area (Å²) in [6.07, 6.45) is 0.544. The van der Waals surface area contributed by atoms with Gasteiger partial charge in [0.15, 0.2) is 0 Å². The van der Waals surface area contributed by atoms with E-state index in [1.165, 1.54) is 17.1 Å². The number of aliphatic hydroxyl groups is 1. The Morgan fingerprint density at radius 2 is 1.89 bits per heavy atom. The molecule has 0 saturated heterocycles. The van der Waals surface area contributed by atoms with E-state index in [0.29, 0.717) is 18.8 Å². The number of hydrogen-bond donors (Lipinski definition) is 2. The number of ether oxygens (including phenoxy) is 1. The molecule has 0 bridgehead atoms. The number of hydrazine groups is 1. The Labute approximate surface area is 107 Å². The average molecular weight is 274 g/mol. The van der Waals surface area contributed by atoms with Crippen molar-refractivity contribution >= 4 is 10.0 Å². The van der Waals surface area contributed by atoms with Crippen LogP contribution < -0.4 is 9.57 Å². The predicted molar refractivity (Wildman–Crippen MR) is 67.6 cm³/mol. The van der Waals surface area contributed by atoms with Gasteiger partial charge in [0.25, 0.3) is 10.0 Å². The second kappa shape index (κ2) is 6.69. The average Bonchev–Trinajstić information content (AvgIpc) is 2.28. The van der Waals surface area contributed by atoms with Crippen LogP contribution in [0, 0.1) is 0 Å².